The SMILES string of the molecule is CC(=O)OC1C2C(OC(=O)c3ccccc3)C(OC(=O)c3ccccc3)C3(C)C(OC(=O)c4ccccc4)C(O)CC(C)C13OC2(C)C. The highest BCUT2D eigenvalue weighted by molar-refractivity contribution is 5.91. The first-order valence-corrected chi connectivity index (χ1v) is 16.1. The lowest BCUT2D eigenvalue weighted by atomic mass is 9.47. The van der Waals surface area contributed by atoms with E-state index in [9.17, 15) is 24.3 Å². The summed E-state index contributed by atoms with van der Waals surface area (Å²) < 4.78 is 32.1. The summed E-state index contributed by atoms with van der Waals surface area (Å²) in [7, 11) is 0. The number of ether oxygens (including phenoxy) is 5. The van der Waals surface area contributed by atoms with Crippen LogP contribution in [0.3, 0.4) is 0 Å². The fourth-order valence-electron chi connectivity index (χ4n) is 8.43. The van der Waals surface area contributed by atoms with Gasteiger partial charge in [-0.2, -0.15) is 0 Å². The Balaban J connectivity index is 1.57. The maximum atomic E-state index is 13.9. The van der Waals surface area contributed by atoms with Crippen LogP contribution in [0, 0.1) is 17.3 Å². The molecule has 2 saturated carbocycles. The Hall–Kier alpha value is -4.54. The lowest BCUT2D eigenvalue weighted by molar-refractivity contribution is -0.310. The molecule has 2 aliphatic carbocycles. The van der Waals surface area contributed by atoms with Gasteiger partial charge in [0.2, 0.25) is 0 Å². The van der Waals surface area contributed by atoms with Gasteiger partial charge >= 0.3 is 23.9 Å². The van der Waals surface area contributed by atoms with Gasteiger partial charge in [-0.15, -0.1) is 0 Å². The molecule has 1 heterocycles. The summed E-state index contributed by atoms with van der Waals surface area (Å²) in [5, 5.41) is 11.8. The molecule has 9 unspecified atom stereocenters. The summed E-state index contributed by atoms with van der Waals surface area (Å²) in [6, 6.07) is 25.0. The van der Waals surface area contributed by atoms with Crippen molar-refractivity contribution in [3.05, 3.63) is 108 Å². The summed E-state index contributed by atoms with van der Waals surface area (Å²) >= 11 is 0. The van der Waals surface area contributed by atoms with Crippen LogP contribution in [0.2, 0.25) is 0 Å². The van der Waals surface area contributed by atoms with Crippen LogP contribution in [-0.4, -0.2) is 70.7 Å². The maximum Gasteiger partial charge on any atom is 0.338 e. The molecular weight excluding hydrogens is 616 g/mol. The van der Waals surface area contributed by atoms with E-state index >= 15 is 0 Å². The number of carbonyl (C=O) groups excluding carboxylic acids is 4. The second-order valence-corrected chi connectivity index (χ2v) is 13.7. The minimum Gasteiger partial charge on any atom is -0.459 e. The van der Waals surface area contributed by atoms with Crippen LogP contribution in [0.4, 0.5) is 0 Å². The molecular formula is C38H40O10. The number of rotatable bonds is 7. The summed E-state index contributed by atoms with van der Waals surface area (Å²) in [4.78, 5) is 54.3. The van der Waals surface area contributed by atoms with Crippen LogP contribution in [0.25, 0.3) is 0 Å². The van der Waals surface area contributed by atoms with E-state index < -0.39 is 82.8 Å². The number of carbonyl (C=O) groups is 4. The molecule has 1 N–H and O–H groups in total. The van der Waals surface area contributed by atoms with E-state index in [-0.39, 0.29) is 23.1 Å². The molecule has 9 atom stereocenters. The van der Waals surface area contributed by atoms with Crippen molar-refractivity contribution in [2.75, 3.05) is 0 Å². The molecule has 0 radical (unpaired) electrons. The monoisotopic (exact) mass is 656 g/mol. The fourth-order valence-corrected chi connectivity index (χ4v) is 8.43. The molecule has 1 saturated heterocycles. The Morgan fingerprint density at radius 2 is 1.10 bits per heavy atom. The van der Waals surface area contributed by atoms with Crippen molar-refractivity contribution in [1.82, 2.24) is 0 Å². The predicted molar refractivity (Wildman–Crippen MR) is 172 cm³/mol. The number of esters is 4. The van der Waals surface area contributed by atoms with Gasteiger partial charge in [-0.05, 0) is 69.5 Å². The van der Waals surface area contributed by atoms with Crippen molar-refractivity contribution >= 4 is 23.9 Å². The van der Waals surface area contributed by atoms with Gasteiger partial charge < -0.3 is 28.8 Å². The highest BCUT2D eigenvalue weighted by Gasteiger charge is 2.83. The van der Waals surface area contributed by atoms with Gasteiger partial charge in [-0.3, -0.25) is 4.79 Å². The summed E-state index contributed by atoms with van der Waals surface area (Å²) in [6.45, 7) is 8.43. The molecule has 48 heavy (non-hydrogen) atoms. The topological polar surface area (TPSA) is 135 Å². The van der Waals surface area contributed by atoms with Gasteiger partial charge in [0.1, 0.15) is 23.9 Å². The van der Waals surface area contributed by atoms with Crippen LogP contribution in [0.1, 0.15) is 72.1 Å². The third-order valence-electron chi connectivity index (χ3n) is 10.4. The minimum atomic E-state index is -1.63. The van der Waals surface area contributed by atoms with Crippen LogP contribution < -0.4 is 0 Å². The lowest BCUT2D eigenvalue weighted by Crippen LogP contribution is -2.79. The molecule has 3 fully saturated rings. The third kappa shape index (κ3) is 5.37. The summed E-state index contributed by atoms with van der Waals surface area (Å²) in [5.74, 6) is -4.09. The molecule has 1 spiro atoms. The van der Waals surface area contributed by atoms with Gasteiger partial charge in [-0.1, -0.05) is 61.5 Å². The number of hydrogen-bond acceptors (Lipinski definition) is 10. The number of hydrogen-bond donors (Lipinski definition) is 1. The van der Waals surface area contributed by atoms with E-state index in [4.69, 9.17) is 23.7 Å². The molecule has 10 heteroatoms. The quantitative estimate of drug-likeness (QED) is 0.268. The van der Waals surface area contributed by atoms with Crippen molar-refractivity contribution in [2.24, 2.45) is 17.3 Å². The number of aliphatic hydroxyl groups is 1. The van der Waals surface area contributed by atoms with Crippen molar-refractivity contribution in [3.63, 3.8) is 0 Å². The van der Waals surface area contributed by atoms with Crippen molar-refractivity contribution in [1.29, 1.82) is 0 Å². The highest BCUT2D eigenvalue weighted by atomic mass is 16.6. The second kappa shape index (κ2) is 12.5. The maximum absolute atomic E-state index is 13.9. The van der Waals surface area contributed by atoms with Crippen molar-refractivity contribution in [3.8, 4) is 0 Å². The van der Waals surface area contributed by atoms with Crippen LogP contribution in [0.5, 0.6) is 0 Å². The van der Waals surface area contributed by atoms with Crippen LogP contribution >= 0.6 is 0 Å². The van der Waals surface area contributed by atoms with E-state index in [1.807, 2.05) is 6.92 Å². The highest BCUT2D eigenvalue weighted by Crippen LogP contribution is 2.68. The average molecular weight is 657 g/mol. The zero-order valence-electron chi connectivity index (χ0n) is 27.5. The number of benzene rings is 3. The van der Waals surface area contributed by atoms with Crippen LogP contribution in [-0.2, 0) is 28.5 Å². The molecule has 6 rings (SSSR count). The van der Waals surface area contributed by atoms with Gasteiger partial charge in [-0.25, -0.2) is 14.4 Å². The number of aliphatic hydroxyl groups excluding tert-OH is 1. The fraction of sp³-hybridized carbons (Fsp3) is 0.421. The normalized spacial score (nSPS) is 33.1. The standard InChI is InChI=1S/C38H40O10/c1-22-21-27(40)30(46-34(42)25-17-11-7-12-18-25)37(5)32(47-35(43)26-19-13-8-14-20-26)29(45-33(41)24-15-9-6-10-16-24)28-31(44-23(2)39)38(22,37)48-36(28,3)4/h6-20,22,27-32,40H,21H2,1-5H3. The molecule has 10 nitrogen and oxygen atoms in total. The first-order valence-electron chi connectivity index (χ1n) is 16.1. The minimum absolute atomic E-state index is 0.108. The van der Waals surface area contributed by atoms with Gasteiger partial charge in [0.15, 0.2) is 6.10 Å². The van der Waals surface area contributed by atoms with Crippen molar-refractivity contribution in [2.45, 2.75) is 82.8 Å². The number of fused-ring (bicyclic) bond motifs is 1. The molecule has 0 aromatic heterocycles. The zero-order chi connectivity index (χ0) is 34.4. The Bertz CT molecular complexity index is 1680. The summed E-state index contributed by atoms with van der Waals surface area (Å²) in [5.41, 5.74) is -3.50. The summed E-state index contributed by atoms with van der Waals surface area (Å²) in [6.07, 6.45) is -6.18. The van der Waals surface area contributed by atoms with E-state index in [0.717, 1.165) is 0 Å². The molecule has 3 aromatic carbocycles. The predicted octanol–water partition coefficient (Wildman–Crippen LogP) is 5.18. The smallest absolute Gasteiger partial charge is 0.338 e. The zero-order valence-corrected chi connectivity index (χ0v) is 27.5. The van der Waals surface area contributed by atoms with E-state index in [1.165, 1.54) is 6.92 Å². The first kappa shape index (κ1) is 33.4. The Labute approximate surface area is 279 Å². The molecule has 0 amide bonds. The van der Waals surface area contributed by atoms with Crippen molar-refractivity contribution < 1.29 is 48.0 Å². The molecule has 3 aromatic rings. The third-order valence-corrected chi connectivity index (χ3v) is 10.4. The Morgan fingerprint density at radius 1 is 0.667 bits per heavy atom. The molecule has 252 valence electrons. The lowest BCUT2D eigenvalue weighted by Gasteiger charge is -2.63. The molecule has 1 aliphatic heterocycles. The van der Waals surface area contributed by atoms with Gasteiger partial charge in [0.25, 0.3) is 0 Å². The van der Waals surface area contributed by atoms with E-state index in [0.29, 0.717) is 0 Å². The Kier molecular flexibility index (Phi) is 8.68. The van der Waals surface area contributed by atoms with E-state index in [1.54, 1.807) is 112 Å². The molecule has 2 bridgehead atoms. The first-order chi connectivity index (χ1) is 22.8. The average Bonchev–Trinajstić information content (AvgIpc) is 3.27. The van der Waals surface area contributed by atoms with Gasteiger partial charge in [0.05, 0.1) is 39.7 Å². The van der Waals surface area contributed by atoms with Gasteiger partial charge in [0, 0.05) is 6.92 Å². The molecule has 3 aliphatic rings. The van der Waals surface area contributed by atoms with E-state index in [2.05, 4.69) is 0 Å². The largest absolute Gasteiger partial charge is 0.459 e. The van der Waals surface area contributed by atoms with Crippen LogP contribution in [0.15, 0.2) is 91.0 Å². The second-order valence-electron chi connectivity index (χ2n) is 13.7. The Morgan fingerprint density at radius 3 is 1.56 bits per heavy atom.